The molecule has 56 heavy (non-hydrogen) atoms. The third-order valence-corrected chi connectivity index (χ3v) is 9.25. The Morgan fingerprint density at radius 3 is 1.86 bits per heavy atom. The highest BCUT2D eigenvalue weighted by atomic mass is 16.5. The Kier molecular flexibility index (Phi) is 16.5. The monoisotopic (exact) mass is 740 g/mol. The Balaban J connectivity index is 1.01. The number of ketones is 1. The summed E-state index contributed by atoms with van der Waals surface area (Å²) in [7, 11) is 0. The smallest absolute Gasteiger partial charge is 0.330 e. The minimum absolute atomic E-state index is 0.346. The number of carbonyl (C=O) groups excluding carboxylic acids is 2. The van der Waals surface area contributed by atoms with Gasteiger partial charge in [-0.05, 0) is 82.5 Å². The number of benzene rings is 4. The number of ether oxygens (including phenoxy) is 1. The van der Waals surface area contributed by atoms with Gasteiger partial charge in [0.1, 0.15) is 6.61 Å². The van der Waals surface area contributed by atoms with Gasteiger partial charge in [-0.2, -0.15) is 0 Å². The quantitative estimate of drug-likeness (QED) is 0.0282. The van der Waals surface area contributed by atoms with Crippen molar-refractivity contribution in [2.24, 2.45) is 0 Å². The van der Waals surface area contributed by atoms with Crippen molar-refractivity contribution in [3.63, 3.8) is 0 Å². The van der Waals surface area contributed by atoms with Crippen LogP contribution in [0.3, 0.4) is 0 Å². The molecule has 1 N–H and O–H groups in total. The van der Waals surface area contributed by atoms with Crippen LogP contribution >= 0.6 is 0 Å². The number of esters is 1. The molecule has 5 rings (SSSR count). The number of hydrogen-bond acceptors (Lipinski definition) is 5. The van der Waals surface area contributed by atoms with E-state index in [-0.39, 0.29) is 0 Å². The predicted octanol–water partition coefficient (Wildman–Crippen LogP) is 11.4. The fourth-order valence-electron chi connectivity index (χ4n) is 6.05. The van der Waals surface area contributed by atoms with Gasteiger partial charge in [-0.1, -0.05) is 160 Å². The molecule has 0 amide bonds. The molecule has 0 aliphatic rings. The second kappa shape index (κ2) is 22.7. The minimum atomic E-state index is -0.609. The fourth-order valence-corrected chi connectivity index (χ4v) is 6.05. The summed E-state index contributed by atoms with van der Waals surface area (Å²) < 4.78 is 5.06. The standard InChI is InChI=1S/C50H48N2O4/c1-51-48(46-29-27-42(28-30-46)23-26-44-33-34-52-49(37-44)45-13-9-7-10-14-45)36-43-24-21-41(22-25-43)20-19-40-17-15-39(16-18-40)12-8-5-3-2-4-6-11-35-56-50(55)32-31-47(54)38-53/h7,9-10,13-34,36-37,53H,2-6,8,11-12,35,38H2/b20-19+,26-23+,32-31-,48-36-. The van der Waals surface area contributed by atoms with Crippen molar-refractivity contribution >= 4 is 47.8 Å². The van der Waals surface area contributed by atoms with Crippen LogP contribution in [0.25, 0.3) is 52.2 Å². The lowest BCUT2D eigenvalue weighted by Gasteiger charge is -2.04. The first-order valence-electron chi connectivity index (χ1n) is 19.2. The van der Waals surface area contributed by atoms with E-state index in [1.54, 1.807) is 0 Å². The summed E-state index contributed by atoms with van der Waals surface area (Å²) in [6.45, 7) is 7.56. The number of aliphatic hydroxyl groups is 1. The summed E-state index contributed by atoms with van der Waals surface area (Å²) in [6, 6.07) is 39.3. The van der Waals surface area contributed by atoms with Crippen LogP contribution in [0, 0.1) is 6.57 Å². The van der Waals surface area contributed by atoms with Gasteiger partial charge in [0.05, 0.1) is 18.9 Å². The molecule has 6 nitrogen and oxygen atoms in total. The molecular weight excluding hydrogens is 693 g/mol. The number of nitrogens with zero attached hydrogens (tertiary/aromatic N) is 2. The zero-order valence-corrected chi connectivity index (χ0v) is 31.7. The molecule has 0 saturated carbocycles. The summed E-state index contributed by atoms with van der Waals surface area (Å²) in [5, 5.41) is 8.65. The predicted molar refractivity (Wildman–Crippen MR) is 230 cm³/mol. The average Bonchev–Trinajstić information content (AvgIpc) is 3.25. The van der Waals surface area contributed by atoms with Gasteiger partial charge in [0.15, 0.2) is 11.5 Å². The maximum Gasteiger partial charge on any atom is 0.330 e. The molecule has 4 aromatic carbocycles. The number of aliphatic hydroxyl groups excluding tert-OH is 1. The molecule has 0 saturated heterocycles. The first-order chi connectivity index (χ1) is 27.5. The Labute approximate surface area is 331 Å². The zero-order valence-electron chi connectivity index (χ0n) is 31.7. The molecule has 0 aliphatic carbocycles. The first kappa shape index (κ1) is 40.8. The van der Waals surface area contributed by atoms with E-state index in [4.69, 9.17) is 16.4 Å². The van der Waals surface area contributed by atoms with E-state index < -0.39 is 18.4 Å². The summed E-state index contributed by atoms with van der Waals surface area (Å²) in [4.78, 5) is 30.8. The van der Waals surface area contributed by atoms with Gasteiger partial charge in [0, 0.05) is 17.8 Å². The number of hydrogen-bond donors (Lipinski definition) is 1. The lowest BCUT2D eigenvalue weighted by atomic mass is 10.0. The van der Waals surface area contributed by atoms with E-state index in [1.165, 1.54) is 18.4 Å². The molecule has 0 spiro atoms. The van der Waals surface area contributed by atoms with Crippen LogP contribution < -0.4 is 0 Å². The molecule has 282 valence electrons. The van der Waals surface area contributed by atoms with Gasteiger partial charge in [0.25, 0.3) is 0 Å². The molecule has 0 bridgehead atoms. The van der Waals surface area contributed by atoms with Crippen molar-refractivity contribution in [1.29, 1.82) is 0 Å². The second-order valence-corrected chi connectivity index (χ2v) is 13.5. The molecule has 0 unspecified atom stereocenters. The molecule has 1 aromatic heterocycles. The SMILES string of the molecule is [C-]#[N+]/C(=C\c1ccc(/C=C/c2ccc(CCCCCCCCCOC(=O)/C=C\C(=O)CO)cc2)cc1)c1ccc(/C=C/c2ccnc(-c3ccccc3)c2)cc1. The molecule has 0 atom stereocenters. The Bertz CT molecular complexity index is 2160. The highest BCUT2D eigenvalue weighted by Crippen LogP contribution is 2.23. The van der Waals surface area contributed by atoms with Gasteiger partial charge in [-0.3, -0.25) is 9.78 Å². The van der Waals surface area contributed by atoms with E-state index in [2.05, 4.69) is 88.7 Å². The molecule has 0 fully saturated rings. The maximum absolute atomic E-state index is 11.5. The lowest BCUT2D eigenvalue weighted by Crippen LogP contribution is -2.05. The molecule has 5 aromatic rings. The van der Waals surface area contributed by atoms with Gasteiger partial charge < -0.3 is 9.84 Å². The van der Waals surface area contributed by atoms with E-state index in [0.717, 1.165) is 95.3 Å². The van der Waals surface area contributed by atoms with Crippen LogP contribution in [0.2, 0.25) is 0 Å². The van der Waals surface area contributed by atoms with Crippen molar-refractivity contribution in [1.82, 2.24) is 4.98 Å². The molecule has 0 aliphatic heterocycles. The van der Waals surface area contributed by atoms with Crippen LogP contribution in [-0.2, 0) is 20.7 Å². The van der Waals surface area contributed by atoms with Crippen LogP contribution in [-0.4, -0.2) is 35.1 Å². The Morgan fingerprint density at radius 2 is 1.21 bits per heavy atom. The highest BCUT2D eigenvalue weighted by molar-refractivity contribution is 5.96. The second-order valence-electron chi connectivity index (χ2n) is 13.5. The summed E-state index contributed by atoms with van der Waals surface area (Å²) in [5.41, 5.74) is 10.2. The highest BCUT2D eigenvalue weighted by Gasteiger charge is 2.04. The van der Waals surface area contributed by atoms with E-state index in [9.17, 15) is 9.59 Å². The molecule has 6 heteroatoms. The van der Waals surface area contributed by atoms with E-state index >= 15 is 0 Å². The van der Waals surface area contributed by atoms with Crippen molar-refractivity contribution in [3.05, 3.63) is 184 Å². The van der Waals surface area contributed by atoms with Crippen molar-refractivity contribution in [3.8, 4) is 11.3 Å². The van der Waals surface area contributed by atoms with E-state index in [0.29, 0.717) is 12.3 Å². The number of aromatic nitrogens is 1. The maximum atomic E-state index is 11.5. The van der Waals surface area contributed by atoms with Crippen molar-refractivity contribution < 1.29 is 19.4 Å². The lowest BCUT2D eigenvalue weighted by molar-refractivity contribution is -0.138. The largest absolute Gasteiger partial charge is 0.463 e. The third kappa shape index (κ3) is 14.1. The fraction of sp³-hybridized carbons (Fsp3) is 0.200. The van der Waals surface area contributed by atoms with Gasteiger partial charge in [-0.25, -0.2) is 9.64 Å². The van der Waals surface area contributed by atoms with E-state index in [1.807, 2.05) is 72.9 Å². The van der Waals surface area contributed by atoms with Crippen molar-refractivity contribution in [2.45, 2.75) is 51.4 Å². The topological polar surface area (TPSA) is 80.9 Å². The number of rotatable bonds is 20. The van der Waals surface area contributed by atoms with Gasteiger partial charge in [-0.15, -0.1) is 0 Å². The van der Waals surface area contributed by atoms with Crippen molar-refractivity contribution in [2.75, 3.05) is 13.2 Å². The first-order valence-corrected chi connectivity index (χ1v) is 19.2. The van der Waals surface area contributed by atoms with Crippen LogP contribution in [0.15, 0.2) is 134 Å². The number of aryl methyl sites for hydroxylation is 1. The van der Waals surface area contributed by atoms with Crippen LogP contribution in [0.5, 0.6) is 0 Å². The summed E-state index contributed by atoms with van der Waals surface area (Å²) in [5.74, 6) is -1.07. The summed E-state index contributed by atoms with van der Waals surface area (Å²) in [6.07, 6.45) is 23.0. The summed E-state index contributed by atoms with van der Waals surface area (Å²) >= 11 is 0. The van der Waals surface area contributed by atoms with Gasteiger partial charge >= 0.3 is 5.97 Å². The average molecular weight is 741 g/mol. The van der Waals surface area contributed by atoms with Crippen LogP contribution in [0.1, 0.15) is 83.9 Å². The molecule has 1 heterocycles. The number of pyridine rings is 1. The van der Waals surface area contributed by atoms with Gasteiger partial charge in [0.2, 0.25) is 0 Å². The number of carbonyl (C=O) groups is 2. The molecule has 0 radical (unpaired) electrons. The minimum Gasteiger partial charge on any atom is -0.463 e. The Morgan fingerprint density at radius 1 is 0.643 bits per heavy atom. The van der Waals surface area contributed by atoms with Crippen LogP contribution in [0.4, 0.5) is 0 Å². The number of unbranched alkanes of at least 4 members (excludes halogenated alkanes) is 6. The third-order valence-electron chi connectivity index (χ3n) is 9.25. The molecular formula is C50H48N2O4. The normalized spacial score (nSPS) is 11.7. The zero-order chi connectivity index (χ0) is 39.2. The Hall–Kier alpha value is -6.42.